The van der Waals surface area contributed by atoms with Crippen LogP contribution in [0.3, 0.4) is 0 Å². The Morgan fingerprint density at radius 3 is 3.15 bits per heavy atom. The van der Waals surface area contributed by atoms with E-state index in [1.807, 2.05) is 0 Å². The van der Waals surface area contributed by atoms with Crippen LogP contribution in [0.5, 0.6) is 0 Å². The highest BCUT2D eigenvalue weighted by Gasteiger charge is 2.05. The molecule has 5 nitrogen and oxygen atoms in total. The molecule has 0 radical (unpaired) electrons. The molecule has 0 aromatic carbocycles. The van der Waals surface area contributed by atoms with Crippen LogP contribution in [0.1, 0.15) is 10.4 Å². The van der Waals surface area contributed by atoms with Crippen LogP contribution in [0.25, 0.3) is 11.2 Å². The number of hydrogen-bond donors (Lipinski definition) is 2. The number of hydrogen-bond acceptors (Lipinski definition) is 3. The fourth-order valence-electron chi connectivity index (χ4n) is 1.09. The number of carbonyl (C=O) groups excluding carboxylic acids is 1. The first-order valence-corrected chi connectivity index (χ1v) is 3.82. The zero-order chi connectivity index (χ0) is 9.26. The van der Waals surface area contributed by atoms with Crippen molar-refractivity contribution in [2.24, 2.45) is 0 Å². The first-order chi connectivity index (χ1) is 6.31. The number of imidazole rings is 1. The van der Waals surface area contributed by atoms with Gasteiger partial charge >= 0.3 is 0 Å². The summed E-state index contributed by atoms with van der Waals surface area (Å²) in [5.41, 5.74) is 1.90. The van der Waals surface area contributed by atoms with Gasteiger partial charge in [0.05, 0.1) is 11.9 Å². The van der Waals surface area contributed by atoms with Crippen molar-refractivity contribution in [3.63, 3.8) is 0 Å². The minimum Gasteiger partial charge on any atom is -0.355 e. The molecule has 1 amide bonds. The number of nitrogens with one attached hydrogen (secondary N) is 2. The lowest BCUT2D eigenvalue weighted by atomic mass is 10.2. The number of aromatic amines is 1. The molecule has 2 rings (SSSR count). The van der Waals surface area contributed by atoms with Crippen molar-refractivity contribution in [2.45, 2.75) is 0 Å². The average Bonchev–Trinajstić information content (AvgIpc) is 2.63. The molecule has 0 aliphatic carbocycles. The summed E-state index contributed by atoms with van der Waals surface area (Å²) < 4.78 is 0. The molecule has 0 unspecified atom stereocenters. The molecule has 0 spiro atoms. The van der Waals surface area contributed by atoms with E-state index in [1.54, 1.807) is 19.4 Å². The number of H-pyrrole nitrogens is 1. The van der Waals surface area contributed by atoms with Crippen LogP contribution in [-0.4, -0.2) is 27.9 Å². The predicted octanol–water partition coefficient (Wildman–Crippen LogP) is 0.317. The van der Waals surface area contributed by atoms with Gasteiger partial charge in [-0.3, -0.25) is 4.79 Å². The van der Waals surface area contributed by atoms with Gasteiger partial charge in [-0.25, -0.2) is 9.97 Å². The first-order valence-electron chi connectivity index (χ1n) is 3.82. The van der Waals surface area contributed by atoms with Gasteiger partial charge in [-0.1, -0.05) is 0 Å². The van der Waals surface area contributed by atoms with Gasteiger partial charge in [-0.2, -0.15) is 0 Å². The van der Waals surface area contributed by atoms with Crippen molar-refractivity contribution in [1.82, 2.24) is 20.3 Å². The van der Waals surface area contributed by atoms with E-state index in [0.717, 1.165) is 0 Å². The Bertz CT molecular complexity index is 448. The fraction of sp³-hybridized carbons (Fsp3) is 0.125. The third-order valence-electron chi connectivity index (χ3n) is 1.76. The second-order valence-electron chi connectivity index (χ2n) is 2.57. The highest BCUT2D eigenvalue weighted by atomic mass is 16.1. The standard InChI is InChI=1S/C8H8N4O/c1-9-8(13)5-2-6-7(10-3-5)12-4-11-6/h2-4H,1H3,(H,9,13)(H,10,11,12). The second-order valence-corrected chi connectivity index (χ2v) is 2.57. The summed E-state index contributed by atoms with van der Waals surface area (Å²) in [5.74, 6) is -0.155. The molecule has 2 aromatic rings. The summed E-state index contributed by atoms with van der Waals surface area (Å²) >= 11 is 0. The minimum absolute atomic E-state index is 0.155. The summed E-state index contributed by atoms with van der Waals surface area (Å²) in [7, 11) is 1.58. The predicted molar refractivity (Wildman–Crippen MR) is 47.3 cm³/mol. The van der Waals surface area contributed by atoms with Crippen LogP contribution in [0.4, 0.5) is 0 Å². The van der Waals surface area contributed by atoms with E-state index in [1.165, 1.54) is 6.20 Å². The highest BCUT2D eigenvalue weighted by molar-refractivity contribution is 5.96. The maximum Gasteiger partial charge on any atom is 0.252 e. The molecule has 0 atom stereocenters. The van der Waals surface area contributed by atoms with Gasteiger partial charge < -0.3 is 10.3 Å². The van der Waals surface area contributed by atoms with Crippen molar-refractivity contribution in [3.8, 4) is 0 Å². The van der Waals surface area contributed by atoms with Gasteiger partial charge in [0.2, 0.25) is 0 Å². The number of pyridine rings is 1. The Morgan fingerprint density at radius 1 is 1.54 bits per heavy atom. The first kappa shape index (κ1) is 7.72. The topological polar surface area (TPSA) is 70.7 Å². The van der Waals surface area contributed by atoms with Crippen molar-refractivity contribution in [2.75, 3.05) is 7.05 Å². The van der Waals surface area contributed by atoms with Crippen molar-refractivity contribution < 1.29 is 4.79 Å². The normalized spacial score (nSPS) is 10.2. The molecular formula is C8H8N4O. The summed E-state index contributed by atoms with van der Waals surface area (Å²) in [5, 5.41) is 2.52. The summed E-state index contributed by atoms with van der Waals surface area (Å²) in [6, 6.07) is 1.69. The molecule has 2 N–H and O–H groups in total. The fourth-order valence-corrected chi connectivity index (χ4v) is 1.09. The largest absolute Gasteiger partial charge is 0.355 e. The average molecular weight is 176 g/mol. The van der Waals surface area contributed by atoms with Gasteiger partial charge in [0, 0.05) is 13.2 Å². The van der Waals surface area contributed by atoms with Crippen LogP contribution in [0.15, 0.2) is 18.6 Å². The zero-order valence-corrected chi connectivity index (χ0v) is 7.03. The Kier molecular flexibility index (Phi) is 1.70. The number of amides is 1. The van der Waals surface area contributed by atoms with E-state index in [-0.39, 0.29) is 5.91 Å². The van der Waals surface area contributed by atoms with E-state index < -0.39 is 0 Å². The third kappa shape index (κ3) is 1.24. The van der Waals surface area contributed by atoms with E-state index in [9.17, 15) is 4.79 Å². The maximum atomic E-state index is 11.2. The zero-order valence-electron chi connectivity index (χ0n) is 7.03. The Balaban J connectivity index is 2.54. The van der Waals surface area contributed by atoms with E-state index in [4.69, 9.17) is 0 Å². The molecule has 0 aliphatic heterocycles. The number of carbonyl (C=O) groups is 1. The van der Waals surface area contributed by atoms with Gasteiger partial charge in [-0.15, -0.1) is 0 Å². The van der Waals surface area contributed by atoms with Crippen LogP contribution < -0.4 is 5.32 Å². The SMILES string of the molecule is CNC(=O)c1cnc2[nH]cnc2c1. The lowest BCUT2D eigenvalue weighted by Gasteiger charge is -1.97. The van der Waals surface area contributed by atoms with Crippen LogP contribution in [0, 0.1) is 0 Å². The van der Waals surface area contributed by atoms with Crippen molar-refractivity contribution in [1.29, 1.82) is 0 Å². The van der Waals surface area contributed by atoms with Crippen LogP contribution in [-0.2, 0) is 0 Å². The van der Waals surface area contributed by atoms with E-state index in [2.05, 4.69) is 20.3 Å². The lowest BCUT2D eigenvalue weighted by Crippen LogP contribution is -2.17. The molecule has 13 heavy (non-hydrogen) atoms. The molecule has 2 aromatic heterocycles. The Morgan fingerprint density at radius 2 is 2.38 bits per heavy atom. The highest BCUT2D eigenvalue weighted by Crippen LogP contribution is 2.07. The van der Waals surface area contributed by atoms with Gasteiger partial charge in [0.25, 0.3) is 5.91 Å². The summed E-state index contributed by atoms with van der Waals surface area (Å²) in [4.78, 5) is 22.1. The van der Waals surface area contributed by atoms with Gasteiger partial charge in [0.15, 0.2) is 5.65 Å². The molecule has 0 saturated heterocycles. The quantitative estimate of drug-likeness (QED) is 0.657. The minimum atomic E-state index is -0.155. The monoisotopic (exact) mass is 176 g/mol. The number of fused-ring (bicyclic) bond motifs is 1. The Labute approximate surface area is 74.2 Å². The van der Waals surface area contributed by atoms with Crippen LogP contribution in [0.2, 0.25) is 0 Å². The smallest absolute Gasteiger partial charge is 0.252 e. The number of nitrogens with zero attached hydrogens (tertiary/aromatic N) is 2. The Hall–Kier alpha value is -1.91. The van der Waals surface area contributed by atoms with Gasteiger partial charge in [0.1, 0.15) is 5.52 Å². The molecule has 66 valence electrons. The van der Waals surface area contributed by atoms with Crippen LogP contribution >= 0.6 is 0 Å². The molecule has 0 aliphatic rings. The molecule has 0 saturated carbocycles. The molecule has 0 fully saturated rings. The van der Waals surface area contributed by atoms with Crippen molar-refractivity contribution >= 4 is 17.1 Å². The van der Waals surface area contributed by atoms with E-state index >= 15 is 0 Å². The molecule has 5 heteroatoms. The van der Waals surface area contributed by atoms with Gasteiger partial charge in [-0.05, 0) is 6.07 Å². The number of rotatable bonds is 1. The molecule has 2 heterocycles. The molecule has 0 bridgehead atoms. The third-order valence-corrected chi connectivity index (χ3v) is 1.76. The second kappa shape index (κ2) is 2.85. The molecular weight excluding hydrogens is 168 g/mol. The van der Waals surface area contributed by atoms with E-state index in [0.29, 0.717) is 16.7 Å². The number of aromatic nitrogens is 3. The summed E-state index contributed by atoms with van der Waals surface area (Å²) in [6.45, 7) is 0. The lowest BCUT2D eigenvalue weighted by molar-refractivity contribution is 0.0963. The van der Waals surface area contributed by atoms with Crippen molar-refractivity contribution in [3.05, 3.63) is 24.2 Å². The summed E-state index contributed by atoms with van der Waals surface area (Å²) in [6.07, 6.45) is 3.06. The maximum absolute atomic E-state index is 11.2.